The van der Waals surface area contributed by atoms with Gasteiger partial charge in [0.15, 0.2) is 0 Å². The fraction of sp³-hybridized carbons (Fsp3) is 0.0909. The van der Waals surface area contributed by atoms with Crippen LogP contribution in [-0.4, -0.2) is 30.2 Å². The summed E-state index contributed by atoms with van der Waals surface area (Å²) in [5, 5.41) is 9.37. The number of para-hydroxylation sites is 2. The van der Waals surface area contributed by atoms with E-state index in [2.05, 4.69) is 9.97 Å². The Labute approximate surface area is 178 Å². The summed E-state index contributed by atoms with van der Waals surface area (Å²) in [6.45, 7) is 0. The second-order valence-corrected chi connectivity index (χ2v) is 5.47. The molecule has 1 aromatic heterocycles. The fourth-order valence-electron chi connectivity index (χ4n) is 2.34. The number of carbonyl (C=O) groups is 1. The zero-order valence-electron chi connectivity index (χ0n) is 19.9. The molecule has 0 spiro atoms. The number of esters is 1. The Balaban J connectivity index is 1.98. The molecule has 0 saturated heterocycles. The molecule has 0 aliphatic carbocycles. The average Bonchev–Trinajstić information content (AvgIpc) is 2.85. The molecule has 0 N–H and O–H groups in total. The first-order valence-corrected chi connectivity index (χ1v) is 8.41. The van der Waals surface area contributed by atoms with Gasteiger partial charge in [0.2, 0.25) is 11.8 Å². The molecular weight excluding hydrogens is 386 g/mol. The van der Waals surface area contributed by atoms with E-state index in [9.17, 15) is 10.1 Å². The summed E-state index contributed by atoms with van der Waals surface area (Å²) in [7, 11) is 2.62. The standard InChI is InChI=1S/C22H17N3O5/c1-27-13-17(22(26)28-2)16-8-4-6-10-19(16)30-21-11-20(24-14-25-21)29-18-9-5-3-7-15(18)12-23/h3-11,13-14H,1-2H3/b17-13+/i3D,5D,7D,9D. The van der Waals surface area contributed by atoms with Gasteiger partial charge < -0.3 is 18.9 Å². The van der Waals surface area contributed by atoms with Crippen molar-refractivity contribution in [2.24, 2.45) is 0 Å². The summed E-state index contributed by atoms with van der Waals surface area (Å²) in [4.78, 5) is 20.1. The summed E-state index contributed by atoms with van der Waals surface area (Å²) in [6, 6.07) is 7.39. The van der Waals surface area contributed by atoms with Crippen LogP contribution in [0.2, 0.25) is 0 Å². The molecule has 150 valence electrons. The van der Waals surface area contributed by atoms with Gasteiger partial charge in [0.1, 0.15) is 29.5 Å². The van der Waals surface area contributed by atoms with Crippen molar-refractivity contribution in [3.05, 3.63) is 78.2 Å². The van der Waals surface area contributed by atoms with Gasteiger partial charge >= 0.3 is 5.97 Å². The van der Waals surface area contributed by atoms with Gasteiger partial charge in [-0.05, 0) is 18.2 Å². The van der Waals surface area contributed by atoms with Crippen molar-refractivity contribution in [1.82, 2.24) is 9.97 Å². The number of methoxy groups -OCH3 is 2. The van der Waals surface area contributed by atoms with Gasteiger partial charge in [-0.1, -0.05) is 30.3 Å². The first-order valence-electron chi connectivity index (χ1n) is 10.4. The Bertz CT molecular complexity index is 1320. The molecule has 0 amide bonds. The minimum absolute atomic E-state index is 0.00146. The van der Waals surface area contributed by atoms with Crippen LogP contribution in [0.15, 0.2) is 67.1 Å². The van der Waals surface area contributed by atoms with Crippen molar-refractivity contribution >= 4 is 11.5 Å². The predicted molar refractivity (Wildman–Crippen MR) is 107 cm³/mol. The van der Waals surface area contributed by atoms with Crippen molar-refractivity contribution in [3.63, 3.8) is 0 Å². The van der Waals surface area contributed by atoms with Gasteiger partial charge in [-0.25, -0.2) is 14.8 Å². The largest absolute Gasteiger partial charge is 0.503 e. The first kappa shape index (κ1) is 15.5. The molecule has 0 aliphatic heterocycles. The van der Waals surface area contributed by atoms with Gasteiger partial charge in [-0.15, -0.1) is 0 Å². The summed E-state index contributed by atoms with van der Waals surface area (Å²) in [5.41, 5.74) is 0.0937. The number of rotatable bonds is 7. The number of nitrogens with zero attached hydrogens (tertiary/aromatic N) is 3. The van der Waals surface area contributed by atoms with Gasteiger partial charge in [0.25, 0.3) is 0 Å². The van der Waals surface area contributed by atoms with Crippen LogP contribution < -0.4 is 9.47 Å². The zero-order valence-corrected chi connectivity index (χ0v) is 15.9. The third kappa shape index (κ3) is 4.72. The van der Waals surface area contributed by atoms with Crippen molar-refractivity contribution in [2.45, 2.75) is 0 Å². The molecule has 8 heteroatoms. The van der Waals surface area contributed by atoms with E-state index in [1.165, 1.54) is 26.5 Å². The van der Waals surface area contributed by atoms with Gasteiger partial charge in [-0.3, -0.25) is 0 Å². The fourth-order valence-corrected chi connectivity index (χ4v) is 2.34. The molecule has 30 heavy (non-hydrogen) atoms. The molecule has 0 radical (unpaired) electrons. The Hall–Kier alpha value is -4.38. The van der Waals surface area contributed by atoms with E-state index in [1.54, 1.807) is 30.3 Å². The van der Waals surface area contributed by atoms with E-state index in [0.717, 1.165) is 6.33 Å². The lowest BCUT2D eigenvalue weighted by Gasteiger charge is -2.12. The van der Waals surface area contributed by atoms with Crippen LogP contribution in [0.25, 0.3) is 5.57 Å². The number of carbonyl (C=O) groups excluding carboxylic acids is 1. The topological polar surface area (TPSA) is 104 Å². The molecule has 3 rings (SSSR count). The number of aromatic nitrogens is 2. The molecule has 0 saturated carbocycles. The number of benzene rings is 2. The highest BCUT2D eigenvalue weighted by Crippen LogP contribution is 2.32. The molecule has 2 aromatic carbocycles. The van der Waals surface area contributed by atoms with E-state index < -0.39 is 30.1 Å². The van der Waals surface area contributed by atoms with Crippen LogP contribution >= 0.6 is 0 Å². The number of nitriles is 1. The molecule has 3 aromatic rings. The lowest BCUT2D eigenvalue weighted by atomic mass is 10.1. The zero-order chi connectivity index (χ0) is 24.8. The Kier molecular flexibility index (Phi) is 5.02. The monoisotopic (exact) mass is 407 g/mol. The maximum atomic E-state index is 12.2. The normalized spacial score (nSPS) is 12.5. The van der Waals surface area contributed by atoms with Gasteiger partial charge in [0.05, 0.1) is 37.6 Å². The van der Waals surface area contributed by atoms with Crippen LogP contribution in [0.4, 0.5) is 0 Å². The van der Waals surface area contributed by atoms with E-state index in [4.69, 9.17) is 24.4 Å². The first-order chi connectivity index (χ1) is 16.3. The lowest BCUT2D eigenvalue weighted by molar-refractivity contribution is -0.133. The maximum absolute atomic E-state index is 12.2. The second-order valence-electron chi connectivity index (χ2n) is 5.47. The predicted octanol–water partition coefficient (Wildman–Crippen LogP) is 4.09. The van der Waals surface area contributed by atoms with Crippen LogP contribution in [-0.2, 0) is 14.3 Å². The molecule has 0 aliphatic rings. The SMILES string of the molecule is [2H]c1c([2H])c([2H])c(Oc2cc(Oc3ccccc3/C(=C\OC)C(=O)OC)ncn2)c(C#N)c1[2H]. The molecule has 0 fully saturated rings. The molecule has 1 heterocycles. The summed E-state index contributed by atoms with van der Waals surface area (Å²) in [6.07, 6.45) is 2.33. The Morgan fingerprint density at radius 3 is 2.50 bits per heavy atom. The summed E-state index contributed by atoms with van der Waals surface area (Å²) in [5.74, 6) is -0.926. The van der Waals surface area contributed by atoms with Crippen LogP contribution in [0.1, 0.15) is 16.6 Å². The van der Waals surface area contributed by atoms with Crippen molar-refractivity contribution in [2.75, 3.05) is 14.2 Å². The third-order valence-electron chi connectivity index (χ3n) is 3.62. The summed E-state index contributed by atoms with van der Waals surface area (Å²) >= 11 is 0. The number of ether oxygens (including phenoxy) is 4. The third-order valence-corrected chi connectivity index (χ3v) is 3.62. The highest BCUT2D eigenvalue weighted by atomic mass is 16.5. The van der Waals surface area contributed by atoms with E-state index in [1.807, 2.05) is 0 Å². The number of hydrogen-bond donors (Lipinski definition) is 0. The Morgan fingerprint density at radius 1 is 1.10 bits per heavy atom. The van der Waals surface area contributed by atoms with Crippen molar-refractivity contribution < 1.29 is 29.2 Å². The van der Waals surface area contributed by atoms with E-state index in [-0.39, 0.29) is 34.4 Å². The quantitative estimate of drug-likeness (QED) is 0.328. The minimum atomic E-state index is -0.646. The van der Waals surface area contributed by atoms with Crippen LogP contribution in [0.5, 0.6) is 23.3 Å². The lowest BCUT2D eigenvalue weighted by Crippen LogP contribution is -2.06. The van der Waals surface area contributed by atoms with Gasteiger partial charge in [0, 0.05) is 5.56 Å². The highest BCUT2D eigenvalue weighted by Gasteiger charge is 2.18. The second kappa shape index (κ2) is 9.71. The molecule has 0 atom stereocenters. The molecule has 8 nitrogen and oxygen atoms in total. The van der Waals surface area contributed by atoms with Crippen molar-refractivity contribution in [3.8, 4) is 29.3 Å². The highest BCUT2D eigenvalue weighted by molar-refractivity contribution is 6.17. The van der Waals surface area contributed by atoms with E-state index >= 15 is 0 Å². The smallest absolute Gasteiger partial charge is 0.341 e. The van der Waals surface area contributed by atoms with Crippen molar-refractivity contribution in [1.29, 1.82) is 5.26 Å². The Morgan fingerprint density at radius 2 is 1.80 bits per heavy atom. The van der Waals surface area contributed by atoms with Crippen LogP contribution in [0, 0.1) is 11.3 Å². The van der Waals surface area contributed by atoms with Gasteiger partial charge in [-0.2, -0.15) is 5.26 Å². The van der Waals surface area contributed by atoms with Crippen LogP contribution in [0.3, 0.4) is 0 Å². The number of hydrogen-bond acceptors (Lipinski definition) is 8. The summed E-state index contributed by atoms with van der Waals surface area (Å²) < 4.78 is 52.5. The molecule has 0 bridgehead atoms. The minimum Gasteiger partial charge on any atom is -0.503 e. The average molecular weight is 407 g/mol. The van der Waals surface area contributed by atoms with E-state index in [0.29, 0.717) is 5.56 Å². The maximum Gasteiger partial charge on any atom is 0.341 e. The molecular formula is C22H17N3O5. The molecule has 0 unspecified atom stereocenters.